The van der Waals surface area contributed by atoms with Gasteiger partial charge in [0.15, 0.2) is 5.76 Å². The normalized spacial score (nSPS) is 10.7. The second-order valence-corrected chi connectivity index (χ2v) is 6.33. The van der Waals surface area contributed by atoms with Gasteiger partial charge in [-0.05, 0) is 61.4 Å². The lowest BCUT2D eigenvalue weighted by Crippen LogP contribution is -2.12. The lowest BCUT2D eigenvalue weighted by molar-refractivity contribution is 0.0997. The minimum absolute atomic E-state index is 0.219. The summed E-state index contributed by atoms with van der Waals surface area (Å²) in [5, 5.41) is 3.88. The van der Waals surface area contributed by atoms with Crippen LogP contribution in [0, 0.1) is 13.8 Å². The molecule has 0 saturated heterocycles. The van der Waals surface area contributed by atoms with Crippen LogP contribution in [0.25, 0.3) is 11.3 Å². The number of amides is 1. The van der Waals surface area contributed by atoms with E-state index in [4.69, 9.17) is 27.6 Å². The number of carbonyl (C=O) groups excluding carboxylic acids is 1. The topological polar surface area (TPSA) is 42.2 Å². The molecule has 0 aliphatic rings. The molecule has 1 N–H and O–H groups in total. The molecule has 0 saturated carbocycles. The Morgan fingerprint density at radius 2 is 1.83 bits per heavy atom. The van der Waals surface area contributed by atoms with Crippen molar-refractivity contribution in [2.75, 3.05) is 5.32 Å². The molecule has 0 aliphatic carbocycles. The lowest BCUT2D eigenvalue weighted by Gasteiger charge is -2.09. The van der Waals surface area contributed by atoms with Gasteiger partial charge in [-0.15, -0.1) is 0 Å². The number of benzene rings is 2. The summed E-state index contributed by atoms with van der Waals surface area (Å²) < 4.78 is 5.65. The van der Waals surface area contributed by atoms with E-state index in [9.17, 15) is 4.79 Å². The molecule has 0 atom stereocenters. The summed E-state index contributed by atoms with van der Waals surface area (Å²) in [5.74, 6) is 0.430. The molecule has 24 heavy (non-hydrogen) atoms. The van der Waals surface area contributed by atoms with Gasteiger partial charge in [0.2, 0.25) is 0 Å². The number of furan rings is 1. The number of rotatable bonds is 3. The molecule has 0 fully saturated rings. The van der Waals surface area contributed by atoms with Crippen LogP contribution in [0.2, 0.25) is 10.0 Å². The number of nitrogens with one attached hydrogen (secondary N) is 1. The van der Waals surface area contributed by atoms with E-state index in [1.165, 1.54) is 0 Å². The highest BCUT2D eigenvalue weighted by Crippen LogP contribution is 2.31. The Balaban J connectivity index is 1.85. The van der Waals surface area contributed by atoms with E-state index in [1.807, 2.05) is 32.0 Å². The van der Waals surface area contributed by atoms with Crippen molar-refractivity contribution >= 4 is 34.8 Å². The minimum atomic E-state index is -0.306. The SMILES string of the molecule is Cc1cccc(NC(=O)c2ccc(-c3ccc(Cl)cc3Cl)o2)c1C. The minimum Gasteiger partial charge on any atom is -0.451 e. The second-order valence-electron chi connectivity index (χ2n) is 5.49. The Morgan fingerprint density at radius 1 is 1.04 bits per heavy atom. The second kappa shape index (κ2) is 6.71. The van der Waals surface area contributed by atoms with Crippen molar-refractivity contribution in [1.82, 2.24) is 0 Å². The van der Waals surface area contributed by atoms with Gasteiger partial charge in [0.1, 0.15) is 5.76 Å². The summed E-state index contributed by atoms with van der Waals surface area (Å²) in [5.41, 5.74) is 3.59. The van der Waals surface area contributed by atoms with Gasteiger partial charge in [-0.1, -0.05) is 35.3 Å². The summed E-state index contributed by atoms with van der Waals surface area (Å²) in [6.45, 7) is 3.96. The monoisotopic (exact) mass is 359 g/mol. The highest BCUT2D eigenvalue weighted by atomic mass is 35.5. The van der Waals surface area contributed by atoms with E-state index in [0.717, 1.165) is 16.8 Å². The molecule has 0 spiro atoms. The number of aryl methyl sites for hydroxylation is 1. The molecule has 1 aromatic heterocycles. The average Bonchev–Trinajstić information content (AvgIpc) is 3.01. The molecule has 1 amide bonds. The number of carbonyl (C=O) groups is 1. The van der Waals surface area contributed by atoms with Crippen molar-refractivity contribution < 1.29 is 9.21 Å². The molecule has 0 radical (unpaired) electrons. The first-order chi connectivity index (χ1) is 11.5. The lowest BCUT2D eigenvalue weighted by atomic mass is 10.1. The fourth-order valence-electron chi connectivity index (χ4n) is 2.36. The molecule has 0 unspecified atom stereocenters. The summed E-state index contributed by atoms with van der Waals surface area (Å²) in [6, 6.07) is 14.2. The first-order valence-corrected chi connectivity index (χ1v) is 8.14. The van der Waals surface area contributed by atoms with Gasteiger partial charge < -0.3 is 9.73 Å². The Bertz CT molecular complexity index is 915. The van der Waals surface area contributed by atoms with Crippen molar-refractivity contribution in [2.45, 2.75) is 13.8 Å². The van der Waals surface area contributed by atoms with E-state index in [1.54, 1.807) is 30.3 Å². The zero-order valence-electron chi connectivity index (χ0n) is 13.2. The molecule has 5 heteroatoms. The molecular weight excluding hydrogens is 345 g/mol. The number of halogens is 2. The van der Waals surface area contributed by atoms with Crippen LogP contribution in [0.4, 0.5) is 5.69 Å². The molecule has 3 nitrogen and oxygen atoms in total. The van der Waals surface area contributed by atoms with E-state index in [-0.39, 0.29) is 11.7 Å². The van der Waals surface area contributed by atoms with Crippen molar-refractivity contribution in [3.63, 3.8) is 0 Å². The summed E-state index contributed by atoms with van der Waals surface area (Å²) in [7, 11) is 0. The third kappa shape index (κ3) is 3.32. The molecule has 0 bridgehead atoms. The Labute approximate surface area is 150 Å². The average molecular weight is 360 g/mol. The summed E-state index contributed by atoms with van der Waals surface area (Å²) in [6.07, 6.45) is 0. The number of anilines is 1. The van der Waals surface area contributed by atoms with Crippen LogP contribution in [0.15, 0.2) is 52.9 Å². The van der Waals surface area contributed by atoms with Crippen molar-refractivity contribution in [2.24, 2.45) is 0 Å². The maximum Gasteiger partial charge on any atom is 0.291 e. The smallest absolute Gasteiger partial charge is 0.291 e. The Hall–Kier alpha value is -2.23. The molecular formula is C19H15Cl2NO2. The third-order valence-corrected chi connectivity index (χ3v) is 4.43. The molecule has 3 aromatic rings. The fourth-order valence-corrected chi connectivity index (χ4v) is 2.87. The fraction of sp³-hybridized carbons (Fsp3) is 0.105. The summed E-state index contributed by atoms with van der Waals surface area (Å²) >= 11 is 12.1. The van der Waals surface area contributed by atoms with Gasteiger partial charge in [-0.3, -0.25) is 4.79 Å². The van der Waals surface area contributed by atoms with Crippen LogP contribution < -0.4 is 5.32 Å². The highest BCUT2D eigenvalue weighted by molar-refractivity contribution is 6.36. The zero-order chi connectivity index (χ0) is 17.3. The van der Waals surface area contributed by atoms with Crippen molar-refractivity contribution in [3.05, 3.63) is 75.5 Å². The first kappa shape index (κ1) is 16.6. The van der Waals surface area contributed by atoms with Crippen LogP contribution in [0.5, 0.6) is 0 Å². The van der Waals surface area contributed by atoms with Crippen molar-refractivity contribution in [3.8, 4) is 11.3 Å². The molecule has 2 aromatic carbocycles. The van der Waals surface area contributed by atoms with Gasteiger partial charge in [0.25, 0.3) is 5.91 Å². The maximum atomic E-state index is 12.4. The molecule has 3 rings (SSSR count). The number of hydrogen-bond donors (Lipinski definition) is 1. The van der Waals surface area contributed by atoms with Gasteiger partial charge in [0.05, 0.1) is 5.02 Å². The van der Waals surface area contributed by atoms with Crippen LogP contribution in [-0.4, -0.2) is 5.91 Å². The van der Waals surface area contributed by atoms with Crippen molar-refractivity contribution in [1.29, 1.82) is 0 Å². The van der Waals surface area contributed by atoms with Crippen LogP contribution in [-0.2, 0) is 0 Å². The largest absolute Gasteiger partial charge is 0.451 e. The van der Waals surface area contributed by atoms with Crippen LogP contribution >= 0.6 is 23.2 Å². The molecule has 1 heterocycles. The van der Waals surface area contributed by atoms with Gasteiger partial charge in [0, 0.05) is 16.3 Å². The predicted molar refractivity (Wildman–Crippen MR) is 98.0 cm³/mol. The molecule has 122 valence electrons. The number of hydrogen-bond acceptors (Lipinski definition) is 2. The molecule has 0 aliphatic heterocycles. The maximum absolute atomic E-state index is 12.4. The van der Waals surface area contributed by atoms with Crippen LogP contribution in [0.1, 0.15) is 21.7 Å². The first-order valence-electron chi connectivity index (χ1n) is 7.38. The third-order valence-electron chi connectivity index (χ3n) is 3.88. The van der Waals surface area contributed by atoms with Crippen LogP contribution in [0.3, 0.4) is 0 Å². The quantitative estimate of drug-likeness (QED) is 0.611. The standard InChI is InChI=1S/C19H15Cl2NO2/c1-11-4-3-5-16(12(11)2)22-19(23)18-9-8-17(24-18)14-7-6-13(20)10-15(14)21/h3-10H,1-2H3,(H,22,23). The van der Waals surface area contributed by atoms with E-state index in [0.29, 0.717) is 21.4 Å². The van der Waals surface area contributed by atoms with Gasteiger partial charge >= 0.3 is 0 Å². The Kier molecular flexibility index (Phi) is 4.65. The van der Waals surface area contributed by atoms with Gasteiger partial charge in [-0.2, -0.15) is 0 Å². The van der Waals surface area contributed by atoms with E-state index >= 15 is 0 Å². The Morgan fingerprint density at radius 3 is 2.58 bits per heavy atom. The predicted octanol–water partition coefficient (Wildman–Crippen LogP) is 6.12. The van der Waals surface area contributed by atoms with Gasteiger partial charge in [-0.25, -0.2) is 0 Å². The zero-order valence-corrected chi connectivity index (χ0v) is 14.7. The summed E-state index contributed by atoms with van der Waals surface area (Å²) in [4.78, 5) is 12.4. The van der Waals surface area contributed by atoms with E-state index in [2.05, 4.69) is 5.32 Å². The highest BCUT2D eigenvalue weighted by Gasteiger charge is 2.15. The van der Waals surface area contributed by atoms with E-state index < -0.39 is 0 Å².